The van der Waals surface area contributed by atoms with Crippen molar-refractivity contribution in [3.05, 3.63) is 0 Å². The molecule has 0 saturated carbocycles. The summed E-state index contributed by atoms with van der Waals surface area (Å²) in [5, 5.41) is 0. The summed E-state index contributed by atoms with van der Waals surface area (Å²) in [5.74, 6) is 0.0726. The number of Topliss-reactive ketones (excluding diaryl/α,β-unsaturated/α-hetero) is 1. The molecule has 0 unspecified atom stereocenters. The van der Waals surface area contributed by atoms with E-state index in [1.807, 2.05) is 6.92 Å². The lowest BCUT2D eigenvalue weighted by Gasteiger charge is -1.90. The van der Waals surface area contributed by atoms with E-state index in [0.717, 1.165) is 13.0 Å². The van der Waals surface area contributed by atoms with Crippen LogP contribution >= 0.6 is 0 Å². The summed E-state index contributed by atoms with van der Waals surface area (Å²) < 4.78 is 0. The SMILES string of the molecule is CCCN=C(C)C(C)=O. The molecule has 9 heavy (non-hydrogen) atoms. The molecule has 0 N–H and O–H groups in total. The molecular formula is C7H13NO. The lowest BCUT2D eigenvalue weighted by Crippen LogP contribution is -2.04. The largest absolute Gasteiger partial charge is 0.293 e. The van der Waals surface area contributed by atoms with Crippen LogP contribution in [0.25, 0.3) is 0 Å². The Hall–Kier alpha value is -0.660. The van der Waals surface area contributed by atoms with E-state index in [0.29, 0.717) is 5.71 Å². The van der Waals surface area contributed by atoms with Gasteiger partial charge in [0.15, 0.2) is 5.78 Å². The Morgan fingerprint density at radius 1 is 1.44 bits per heavy atom. The first-order valence-corrected chi connectivity index (χ1v) is 3.20. The molecule has 0 saturated heterocycles. The molecule has 0 aromatic rings. The average molecular weight is 127 g/mol. The van der Waals surface area contributed by atoms with E-state index in [4.69, 9.17) is 0 Å². The maximum absolute atomic E-state index is 10.5. The van der Waals surface area contributed by atoms with E-state index in [1.165, 1.54) is 6.92 Å². The number of nitrogens with zero attached hydrogens (tertiary/aromatic N) is 1. The Kier molecular flexibility index (Phi) is 3.93. The fraction of sp³-hybridized carbons (Fsp3) is 0.714. The van der Waals surface area contributed by atoms with Gasteiger partial charge in [-0.25, -0.2) is 0 Å². The molecule has 0 aliphatic rings. The lowest BCUT2D eigenvalue weighted by atomic mass is 10.3. The first kappa shape index (κ1) is 8.34. The summed E-state index contributed by atoms with van der Waals surface area (Å²) in [7, 11) is 0. The fourth-order valence-corrected chi connectivity index (χ4v) is 0.391. The van der Waals surface area contributed by atoms with E-state index in [9.17, 15) is 4.79 Å². The zero-order valence-corrected chi connectivity index (χ0v) is 6.27. The molecule has 52 valence electrons. The van der Waals surface area contributed by atoms with Crippen molar-refractivity contribution in [3.8, 4) is 0 Å². The minimum absolute atomic E-state index is 0.0726. The van der Waals surface area contributed by atoms with Crippen molar-refractivity contribution >= 4 is 11.5 Å². The second kappa shape index (κ2) is 4.24. The number of ketones is 1. The highest BCUT2D eigenvalue weighted by Gasteiger charge is 1.94. The summed E-state index contributed by atoms with van der Waals surface area (Å²) >= 11 is 0. The van der Waals surface area contributed by atoms with Crippen LogP contribution in [0, 0.1) is 0 Å². The van der Waals surface area contributed by atoms with Gasteiger partial charge in [0, 0.05) is 13.5 Å². The Morgan fingerprint density at radius 2 is 2.00 bits per heavy atom. The monoisotopic (exact) mass is 127 g/mol. The molecule has 0 heterocycles. The quantitative estimate of drug-likeness (QED) is 0.527. The molecule has 0 fully saturated rings. The minimum atomic E-state index is 0.0726. The molecule has 2 nitrogen and oxygen atoms in total. The first-order chi connectivity index (χ1) is 4.18. The van der Waals surface area contributed by atoms with Crippen molar-refractivity contribution < 1.29 is 4.79 Å². The molecule has 0 amide bonds. The summed E-state index contributed by atoms with van der Waals surface area (Å²) in [6, 6.07) is 0. The highest BCUT2D eigenvalue weighted by molar-refractivity contribution is 6.37. The number of hydrogen-bond acceptors (Lipinski definition) is 2. The third-order valence-electron chi connectivity index (χ3n) is 1.08. The Labute approximate surface area is 56.0 Å². The van der Waals surface area contributed by atoms with Crippen molar-refractivity contribution in [1.82, 2.24) is 0 Å². The molecule has 0 rings (SSSR count). The molecule has 0 spiro atoms. The van der Waals surface area contributed by atoms with E-state index in [1.54, 1.807) is 6.92 Å². The predicted octanol–water partition coefficient (Wildman–Crippen LogP) is 1.45. The van der Waals surface area contributed by atoms with Gasteiger partial charge in [0.1, 0.15) is 0 Å². The highest BCUT2D eigenvalue weighted by Crippen LogP contribution is 1.82. The second-order valence-electron chi connectivity index (χ2n) is 2.02. The van der Waals surface area contributed by atoms with Gasteiger partial charge < -0.3 is 0 Å². The van der Waals surface area contributed by atoms with Gasteiger partial charge >= 0.3 is 0 Å². The van der Waals surface area contributed by atoms with Gasteiger partial charge in [-0.15, -0.1) is 0 Å². The Morgan fingerprint density at radius 3 is 2.33 bits per heavy atom. The third-order valence-corrected chi connectivity index (χ3v) is 1.08. The van der Waals surface area contributed by atoms with Crippen molar-refractivity contribution in [2.45, 2.75) is 27.2 Å². The van der Waals surface area contributed by atoms with Crippen LogP contribution in [0.1, 0.15) is 27.2 Å². The zero-order chi connectivity index (χ0) is 7.28. The van der Waals surface area contributed by atoms with Crippen LogP contribution in [0.3, 0.4) is 0 Å². The maximum Gasteiger partial charge on any atom is 0.173 e. The topological polar surface area (TPSA) is 29.4 Å². The van der Waals surface area contributed by atoms with Gasteiger partial charge in [0.25, 0.3) is 0 Å². The molecular weight excluding hydrogens is 114 g/mol. The standard InChI is InChI=1S/C7H13NO/c1-4-5-8-6(2)7(3)9/h4-5H2,1-3H3. The molecule has 0 bridgehead atoms. The number of rotatable bonds is 3. The van der Waals surface area contributed by atoms with Gasteiger partial charge in [0.2, 0.25) is 0 Å². The summed E-state index contributed by atoms with van der Waals surface area (Å²) in [6.45, 7) is 6.09. The minimum Gasteiger partial charge on any atom is -0.293 e. The van der Waals surface area contributed by atoms with Crippen molar-refractivity contribution in [2.24, 2.45) is 4.99 Å². The molecule has 0 radical (unpaired) electrons. The van der Waals surface area contributed by atoms with E-state index >= 15 is 0 Å². The van der Waals surface area contributed by atoms with Crippen LogP contribution < -0.4 is 0 Å². The third kappa shape index (κ3) is 3.88. The predicted molar refractivity (Wildman–Crippen MR) is 38.9 cm³/mol. The van der Waals surface area contributed by atoms with Gasteiger partial charge in [-0.05, 0) is 13.3 Å². The lowest BCUT2D eigenvalue weighted by molar-refractivity contribution is -0.111. The summed E-state index contributed by atoms with van der Waals surface area (Å²) in [6.07, 6.45) is 1.00. The average Bonchev–Trinajstić information content (AvgIpc) is 1.82. The zero-order valence-electron chi connectivity index (χ0n) is 6.27. The smallest absolute Gasteiger partial charge is 0.173 e. The van der Waals surface area contributed by atoms with Crippen LogP contribution in [0.2, 0.25) is 0 Å². The van der Waals surface area contributed by atoms with Crippen LogP contribution in [0.15, 0.2) is 4.99 Å². The molecule has 0 aliphatic heterocycles. The highest BCUT2D eigenvalue weighted by atomic mass is 16.1. The second-order valence-corrected chi connectivity index (χ2v) is 2.02. The molecule has 0 aliphatic carbocycles. The molecule has 0 atom stereocenters. The maximum atomic E-state index is 10.5. The fourth-order valence-electron chi connectivity index (χ4n) is 0.391. The summed E-state index contributed by atoms with van der Waals surface area (Å²) in [4.78, 5) is 14.5. The molecule has 0 aromatic carbocycles. The molecule has 2 heteroatoms. The van der Waals surface area contributed by atoms with Crippen molar-refractivity contribution in [1.29, 1.82) is 0 Å². The van der Waals surface area contributed by atoms with Crippen LogP contribution in [-0.4, -0.2) is 18.0 Å². The van der Waals surface area contributed by atoms with Crippen molar-refractivity contribution in [2.75, 3.05) is 6.54 Å². The first-order valence-electron chi connectivity index (χ1n) is 3.20. The molecule has 0 aromatic heterocycles. The van der Waals surface area contributed by atoms with Gasteiger partial charge in [-0.1, -0.05) is 6.92 Å². The van der Waals surface area contributed by atoms with Gasteiger partial charge in [0.05, 0.1) is 5.71 Å². The Bertz CT molecular complexity index is 127. The number of aliphatic imine (C=N–C) groups is 1. The van der Waals surface area contributed by atoms with Crippen molar-refractivity contribution in [3.63, 3.8) is 0 Å². The normalized spacial score (nSPS) is 11.7. The summed E-state index contributed by atoms with van der Waals surface area (Å²) in [5.41, 5.74) is 0.636. The number of carbonyl (C=O) groups excluding carboxylic acids is 1. The van der Waals surface area contributed by atoms with Crippen LogP contribution in [-0.2, 0) is 4.79 Å². The number of hydrogen-bond donors (Lipinski definition) is 0. The van der Waals surface area contributed by atoms with Crippen LogP contribution in [0.4, 0.5) is 0 Å². The van der Waals surface area contributed by atoms with E-state index in [2.05, 4.69) is 4.99 Å². The van der Waals surface area contributed by atoms with Gasteiger partial charge in [-0.2, -0.15) is 0 Å². The number of carbonyl (C=O) groups is 1. The van der Waals surface area contributed by atoms with E-state index < -0.39 is 0 Å². The van der Waals surface area contributed by atoms with Gasteiger partial charge in [-0.3, -0.25) is 9.79 Å². The van der Waals surface area contributed by atoms with E-state index in [-0.39, 0.29) is 5.78 Å². The van der Waals surface area contributed by atoms with Crippen LogP contribution in [0.5, 0.6) is 0 Å². The Balaban J connectivity index is 3.69.